The van der Waals surface area contributed by atoms with Crippen molar-refractivity contribution in [2.45, 2.75) is 26.4 Å². The lowest BCUT2D eigenvalue weighted by Gasteiger charge is -2.26. The third-order valence-corrected chi connectivity index (χ3v) is 3.21. The minimum absolute atomic E-state index is 0.0901. The summed E-state index contributed by atoms with van der Waals surface area (Å²) >= 11 is 4.85. The molecule has 0 aromatic heterocycles. The fourth-order valence-electron chi connectivity index (χ4n) is 1.82. The minimum atomic E-state index is -0.371. The van der Waals surface area contributed by atoms with Crippen LogP contribution in [0.4, 0.5) is 4.39 Å². The molecule has 0 heterocycles. The van der Waals surface area contributed by atoms with Crippen LogP contribution in [0.25, 0.3) is 0 Å². The maximum absolute atomic E-state index is 13.5. The summed E-state index contributed by atoms with van der Waals surface area (Å²) in [7, 11) is 1.68. The summed E-state index contributed by atoms with van der Waals surface area (Å²) in [6.07, 6.45) is 0. The van der Waals surface area contributed by atoms with Gasteiger partial charge in [0, 0.05) is 31.8 Å². The van der Waals surface area contributed by atoms with Crippen molar-refractivity contribution in [1.29, 1.82) is 0 Å². The molecule has 0 saturated carbocycles. The topological polar surface area (TPSA) is 38.5 Å². The van der Waals surface area contributed by atoms with Crippen LogP contribution in [-0.4, -0.2) is 36.2 Å². The van der Waals surface area contributed by atoms with Crippen molar-refractivity contribution in [2.75, 3.05) is 20.3 Å². The molecule has 0 aliphatic rings. The highest BCUT2D eigenvalue weighted by Crippen LogP contribution is 2.14. The second-order valence-corrected chi connectivity index (χ2v) is 5.18. The Morgan fingerprint density at radius 3 is 2.68 bits per heavy atom. The molecule has 5 heteroatoms. The molecule has 0 saturated heterocycles. The van der Waals surface area contributed by atoms with Crippen molar-refractivity contribution in [1.82, 2.24) is 4.90 Å². The monoisotopic (exact) mass is 284 g/mol. The van der Waals surface area contributed by atoms with E-state index in [9.17, 15) is 4.39 Å². The van der Waals surface area contributed by atoms with E-state index in [2.05, 4.69) is 18.7 Å². The normalized spacial score (nSPS) is 11.3. The lowest BCUT2D eigenvalue weighted by molar-refractivity contribution is 0.125. The van der Waals surface area contributed by atoms with Crippen molar-refractivity contribution in [2.24, 2.45) is 5.73 Å². The summed E-state index contributed by atoms with van der Waals surface area (Å²) in [4.78, 5) is 2.34. The first-order valence-corrected chi connectivity index (χ1v) is 6.67. The van der Waals surface area contributed by atoms with Gasteiger partial charge in [0.25, 0.3) is 0 Å². The zero-order chi connectivity index (χ0) is 14.4. The van der Waals surface area contributed by atoms with E-state index in [4.69, 9.17) is 22.7 Å². The van der Waals surface area contributed by atoms with Gasteiger partial charge in [-0.05, 0) is 31.5 Å². The fraction of sp³-hybridized carbons (Fsp3) is 0.500. The first kappa shape index (κ1) is 16.0. The van der Waals surface area contributed by atoms with Gasteiger partial charge in [0.2, 0.25) is 0 Å². The molecule has 0 bridgehead atoms. The van der Waals surface area contributed by atoms with E-state index in [1.54, 1.807) is 19.2 Å². The maximum Gasteiger partial charge on any atom is 0.133 e. The highest BCUT2D eigenvalue weighted by molar-refractivity contribution is 7.80. The zero-order valence-electron chi connectivity index (χ0n) is 11.6. The van der Waals surface area contributed by atoms with Crippen LogP contribution in [0.3, 0.4) is 0 Å². The van der Waals surface area contributed by atoms with Crippen molar-refractivity contribution in [3.05, 3.63) is 35.1 Å². The van der Waals surface area contributed by atoms with E-state index in [0.29, 0.717) is 18.2 Å². The molecule has 0 unspecified atom stereocenters. The number of hydrogen-bond acceptors (Lipinski definition) is 3. The van der Waals surface area contributed by atoms with Crippen LogP contribution in [0.2, 0.25) is 0 Å². The van der Waals surface area contributed by atoms with Gasteiger partial charge < -0.3 is 10.5 Å². The first-order valence-electron chi connectivity index (χ1n) is 6.27. The zero-order valence-corrected chi connectivity index (χ0v) is 12.5. The number of nitrogens with zero attached hydrogens (tertiary/aromatic N) is 1. The van der Waals surface area contributed by atoms with Gasteiger partial charge in [-0.25, -0.2) is 4.39 Å². The first-order chi connectivity index (χ1) is 8.95. The molecule has 3 nitrogen and oxygen atoms in total. The summed E-state index contributed by atoms with van der Waals surface area (Å²) in [5, 5.41) is 0. The predicted octanol–water partition coefficient (Wildman–Crippen LogP) is 2.32. The molecule has 0 spiro atoms. The van der Waals surface area contributed by atoms with Gasteiger partial charge in [0.05, 0.1) is 6.61 Å². The standard InChI is InChI=1S/C14H21FN2OS/c1-10(2)17(6-7-18-3)9-11-4-5-13(15)12(8-11)14(16)19/h4-5,8,10H,6-7,9H2,1-3H3,(H2,16,19). The smallest absolute Gasteiger partial charge is 0.133 e. The molecule has 0 amide bonds. The Labute approximate surface area is 119 Å². The third-order valence-electron chi connectivity index (χ3n) is 2.99. The number of rotatable bonds is 7. The molecule has 2 N–H and O–H groups in total. The minimum Gasteiger partial charge on any atom is -0.389 e. The Hall–Kier alpha value is -1.04. The second-order valence-electron chi connectivity index (χ2n) is 4.74. The summed E-state index contributed by atoms with van der Waals surface area (Å²) in [5.41, 5.74) is 6.81. The Kier molecular flexibility index (Phi) is 6.34. The summed E-state index contributed by atoms with van der Waals surface area (Å²) in [6, 6.07) is 5.28. The quantitative estimate of drug-likeness (QED) is 0.780. The number of nitrogens with two attached hydrogens (primary N) is 1. The van der Waals surface area contributed by atoms with Gasteiger partial charge in [-0.15, -0.1) is 0 Å². The van der Waals surface area contributed by atoms with Crippen LogP contribution in [0, 0.1) is 5.82 Å². The number of thiocarbonyl (C=S) groups is 1. The molecule has 0 radical (unpaired) electrons. The van der Waals surface area contributed by atoms with E-state index in [0.717, 1.165) is 18.7 Å². The molecule has 0 aliphatic carbocycles. The number of methoxy groups -OCH3 is 1. The molecule has 106 valence electrons. The molecule has 0 aliphatic heterocycles. The average molecular weight is 284 g/mol. The molecule has 0 fully saturated rings. The summed E-state index contributed by atoms with van der Waals surface area (Å²) in [6.45, 7) is 6.45. The Bertz CT molecular complexity index is 437. The van der Waals surface area contributed by atoms with E-state index in [1.807, 2.05) is 0 Å². The highest BCUT2D eigenvalue weighted by atomic mass is 32.1. The molecular formula is C14H21FN2OS. The van der Waals surface area contributed by atoms with Gasteiger partial charge in [-0.1, -0.05) is 18.3 Å². The molecule has 1 rings (SSSR count). The SMILES string of the molecule is COCCN(Cc1ccc(F)c(C(N)=S)c1)C(C)C. The molecule has 1 aromatic rings. The van der Waals surface area contributed by atoms with Crippen LogP contribution in [-0.2, 0) is 11.3 Å². The lowest BCUT2D eigenvalue weighted by atomic mass is 10.1. The van der Waals surface area contributed by atoms with Gasteiger partial charge in [-0.2, -0.15) is 0 Å². The van der Waals surface area contributed by atoms with Gasteiger partial charge in [0.1, 0.15) is 10.8 Å². The number of benzene rings is 1. The summed E-state index contributed by atoms with van der Waals surface area (Å²) in [5.74, 6) is -0.371. The Morgan fingerprint density at radius 2 is 2.16 bits per heavy atom. The average Bonchev–Trinajstić information content (AvgIpc) is 2.35. The van der Waals surface area contributed by atoms with Crippen molar-refractivity contribution in [3.8, 4) is 0 Å². The van der Waals surface area contributed by atoms with Crippen molar-refractivity contribution < 1.29 is 9.13 Å². The highest BCUT2D eigenvalue weighted by Gasteiger charge is 2.12. The van der Waals surface area contributed by atoms with Crippen molar-refractivity contribution in [3.63, 3.8) is 0 Å². The van der Waals surface area contributed by atoms with E-state index >= 15 is 0 Å². The van der Waals surface area contributed by atoms with E-state index in [1.165, 1.54) is 6.07 Å². The molecular weight excluding hydrogens is 263 g/mol. The van der Waals surface area contributed by atoms with Crippen molar-refractivity contribution >= 4 is 17.2 Å². The number of halogens is 1. The van der Waals surface area contributed by atoms with Crippen LogP contribution < -0.4 is 5.73 Å². The predicted molar refractivity (Wildman–Crippen MR) is 79.7 cm³/mol. The largest absolute Gasteiger partial charge is 0.389 e. The Morgan fingerprint density at radius 1 is 1.47 bits per heavy atom. The summed E-state index contributed by atoms with van der Waals surface area (Å²) < 4.78 is 18.6. The lowest BCUT2D eigenvalue weighted by Crippen LogP contribution is -2.33. The van der Waals surface area contributed by atoms with Gasteiger partial charge >= 0.3 is 0 Å². The number of ether oxygens (including phenoxy) is 1. The second kappa shape index (κ2) is 7.53. The van der Waals surface area contributed by atoms with Crippen LogP contribution in [0.1, 0.15) is 25.0 Å². The molecule has 1 aromatic carbocycles. The van der Waals surface area contributed by atoms with Gasteiger partial charge in [0.15, 0.2) is 0 Å². The molecule has 19 heavy (non-hydrogen) atoms. The van der Waals surface area contributed by atoms with Crippen LogP contribution in [0.5, 0.6) is 0 Å². The number of hydrogen-bond donors (Lipinski definition) is 1. The Balaban J connectivity index is 2.84. The fourth-order valence-corrected chi connectivity index (χ4v) is 1.98. The van der Waals surface area contributed by atoms with E-state index < -0.39 is 0 Å². The van der Waals surface area contributed by atoms with Crippen LogP contribution in [0.15, 0.2) is 18.2 Å². The van der Waals surface area contributed by atoms with E-state index in [-0.39, 0.29) is 10.8 Å². The molecule has 0 atom stereocenters. The van der Waals surface area contributed by atoms with Gasteiger partial charge in [-0.3, -0.25) is 4.90 Å². The third kappa shape index (κ3) is 4.86. The van der Waals surface area contributed by atoms with Crippen LogP contribution >= 0.6 is 12.2 Å². The maximum atomic E-state index is 13.5.